The lowest BCUT2D eigenvalue weighted by Gasteiger charge is -2.13. The van der Waals surface area contributed by atoms with Gasteiger partial charge in [-0.3, -0.25) is 14.5 Å². The third-order valence-electron chi connectivity index (χ3n) is 4.05. The van der Waals surface area contributed by atoms with Gasteiger partial charge in [0.25, 0.3) is 11.1 Å². The number of nitrogens with zero attached hydrogens (tertiary/aromatic N) is 1. The van der Waals surface area contributed by atoms with Gasteiger partial charge in [0, 0.05) is 5.02 Å². The van der Waals surface area contributed by atoms with Gasteiger partial charge in [-0.2, -0.15) is 0 Å². The fourth-order valence-electron chi connectivity index (χ4n) is 2.64. The monoisotopic (exact) mass is 451 g/mol. The van der Waals surface area contributed by atoms with Gasteiger partial charge in [0.15, 0.2) is 18.1 Å². The number of thioether (sulfide) groups is 1. The van der Waals surface area contributed by atoms with E-state index < -0.39 is 29.5 Å². The van der Waals surface area contributed by atoms with Gasteiger partial charge < -0.3 is 14.6 Å². The van der Waals surface area contributed by atoms with Gasteiger partial charge >= 0.3 is 5.97 Å². The van der Waals surface area contributed by atoms with Crippen molar-refractivity contribution >= 4 is 46.6 Å². The van der Waals surface area contributed by atoms with Crippen LogP contribution in [0.2, 0.25) is 5.02 Å². The zero-order chi connectivity index (χ0) is 21.8. The number of methoxy groups -OCH3 is 1. The molecule has 1 heterocycles. The van der Waals surface area contributed by atoms with Gasteiger partial charge in [-0.25, -0.2) is 9.18 Å². The van der Waals surface area contributed by atoms with E-state index >= 15 is 0 Å². The molecule has 2 amide bonds. The Balaban J connectivity index is 1.80. The van der Waals surface area contributed by atoms with Crippen molar-refractivity contribution in [2.45, 2.75) is 6.54 Å². The summed E-state index contributed by atoms with van der Waals surface area (Å²) < 4.78 is 23.5. The van der Waals surface area contributed by atoms with E-state index in [1.807, 2.05) is 0 Å². The van der Waals surface area contributed by atoms with Crippen LogP contribution >= 0.6 is 23.4 Å². The molecule has 0 atom stereocenters. The average molecular weight is 452 g/mol. The third kappa shape index (κ3) is 4.92. The number of carbonyl (C=O) groups is 3. The Morgan fingerprint density at radius 3 is 2.67 bits per heavy atom. The number of hydrogen-bond acceptors (Lipinski definition) is 6. The first-order valence-electron chi connectivity index (χ1n) is 8.50. The number of imide groups is 1. The summed E-state index contributed by atoms with van der Waals surface area (Å²) in [5, 5.41) is 8.37. The second kappa shape index (κ2) is 9.19. The molecule has 0 radical (unpaired) electrons. The Morgan fingerprint density at radius 1 is 1.23 bits per heavy atom. The van der Waals surface area contributed by atoms with Crippen molar-refractivity contribution < 1.29 is 33.4 Å². The molecule has 1 N–H and O–H groups in total. The highest BCUT2D eigenvalue weighted by molar-refractivity contribution is 8.18. The summed E-state index contributed by atoms with van der Waals surface area (Å²) in [5.41, 5.74) is 1.00. The molecule has 0 spiro atoms. The molecule has 30 heavy (non-hydrogen) atoms. The summed E-state index contributed by atoms with van der Waals surface area (Å²) in [4.78, 5) is 36.9. The highest BCUT2D eigenvalue weighted by Gasteiger charge is 2.35. The lowest BCUT2D eigenvalue weighted by molar-refractivity contribution is -0.139. The van der Waals surface area contributed by atoms with Gasteiger partial charge in [-0.15, -0.1) is 0 Å². The first kappa shape index (κ1) is 21.7. The van der Waals surface area contributed by atoms with Crippen LogP contribution in [0.15, 0.2) is 41.3 Å². The summed E-state index contributed by atoms with van der Waals surface area (Å²) in [7, 11) is 1.40. The molecule has 1 aliphatic heterocycles. The van der Waals surface area contributed by atoms with E-state index in [1.165, 1.54) is 31.4 Å². The molecule has 1 fully saturated rings. The molecule has 0 saturated carbocycles. The number of amides is 2. The van der Waals surface area contributed by atoms with Gasteiger partial charge in [0.1, 0.15) is 5.82 Å². The van der Waals surface area contributed by atoms with Crippen LogP contribution in [0.25, 0.3) is 6.08 Å². The van der Waals surface area contributed by atoms with Crippen LogP contribution in [-0.2, 0) is 16.1 Å². The second-order valence-corrected chi connectivity index (χ2v) is 7.50. The second-order valence-electron chi connectivity index (χ2n) is 6.10. The van der Waals surface area contributed by atoms with Crippen LogP contribution in [0.3, 0.4) is 0 Å². The van der Waals surface area contributed by atoms with E-state index in [1.54, 1.807) is 12.1 Å². The fourth-order valence-corrected chi connectivity index (χ4v) is 3.71. The SMILES string of the molecule is COc1cc(C=C2SC(=O)N(Cc3ccc(F)cc3Cl)C2=O)ccc1OCC(=O)O. The topological polar surface area (TPSA) is 93.1 Å². The minimum atomic E-state index is -1.13. The van der Waals surface area contributed by atoms with Crippen molar-refractivity contribution in [2.24, 2.45) is 0 Å². The number of carbonyl (C=O) groups excluding carboxylic acids is 2. The Labute approximate surface area is 180 Å². The van der Waals surface area contributed by atoms with Gasteiger partial charge in [-0.1, -0.05) is 23.7 Å². The number of rotatable bonds is 7. The molecule has 0 aromatic heterocycles. The maximum Gasteiger partial charge on any atom is 0.341 e. The Morgan fingerprint density at radius 2 is 2.00 bits per heavy atom. The number of aliphatic carboxylic acids is 1. The molecule has 1 aliphatic rings. The molecule has 156 valence electrons. The number of hydrogen-bond donors (Lipinski definition) is 1. The molecule has 2 aromatic rings. The molecule has 1 saturated heterocycles. The predicted molar refractivity (Wildman–Crippen MR) is 109 cm³/mol. The van der Waals surface area contributed by atoms with Crippen molar-refractivity contribution in [2.75, 3.05) is 13.7 Å². The van der Waals surface area contributed by atoms with Gasteiger partial charge in [0.05, 0.1) is 18.6 Å². The minimum absolute atomic E-state index is 0.0770. The van der Waals surface area contributed by atoms with Gasteiger partial charge in [-0.05, 0) is 53.2 Å². The Hall–Kier alpha value is -3.04. The van der Waals surface area contributed by atoms with Crippen molar-refractivity contribution in [3.8, 4) is 11.5 Å². The molecule has 0 unspecified atom stereocenters. The van der Waals surface area contributed by atoms with Crippen molar-refractivity contribution in [3.63, 3.8) is 0 Å². The van der Waals surface area contributed by atoms with E-state index in [2.05, 4.69) is 0 Å². The van der Waals surface area contributed by atoms with Crippen LogP contribution in [0, 0.1) is 5.82 Å². The number of halogens is 2. The Kier molecular flexibility index (Phi) is 6.63. The lowest BCUT2D eigenvalue weighted by Crippen LogP contribution is -2.27. The molecule has 2 aromatic carbocycles. The Bertz CT molecular complexity index is 1060. The molecule has 7 nitrogen and oxygen atoms in total. The number of ether oxygens (including phenoxy) is 2. The molecule has 10 heteroatoms. The molecule has 0 bridgehead atoms. The third-order valence-corrected chi connectivity index (χ3v) is 5.31. The summed E-state index contributed by atoms with van der Waals surface area (Å²) >= 11 is 6.76. The van der Waals surface area contributed by atoms with Crippen LogP contribution in [0.5, 0.6) is 11.5 Å². The maximum absolute atomic E-state index is 13.2. The molecular weight excluding hydrogens is 437 g/mol. The fraction of sp³-hybridized carbons (Fsp3) is 0.150. The van der Waals surface area contributed by atoms with E-state index in [4.69, 9.17) is 26.2 Å². The highest BCUT2D eigenvalue weighted by Crippen LogP contribution is 2.36. The molecule has 3 rings (SSSR count). The zero-order valence-corrected chi connectivity index (χ0v) is 17.1. The number of carboxylic acids is 1. The minimum Gasteiger partial charge on any atom is -0.493 e. The lowest BCUT2D eigenvalue weighted by atomic mass is 10.1. The molecule has 0 aliphatic carbocycles. The first-order valence-corrected chi connectivity index (χ1v) is 9.70. The number of carboxylic acid groups (broad SMARTS) is 1. The van der Waals surface area contributed by atoms with Crippen LogP contribution in [0.1, 0.15) is 11.1 Å². The van der Waals surface area contributed by atoms with Crippen molar-refractivity contribution in [1.82, 2.24) is 4.90 Å². The van der Waals surface area contributed by atoms with Crippen LogP contribution < -0.4 is 9.47 Å². The molecular formula is C20H15ClFNO6S. The summed E-state index contributed by atoms with van der Waals surface area (Å²) in [6, 6.07) is 8.41. The smallest absolute Gasteiger partial charge is 0.341 e. The average Bonchev–Trinajstić information content (AvgIpc) is 2.96. The van der Waals surface area contributed by atoms with E-state index in [9.17, 15) is 18.8 Å². The number of benzene rings is 2. The highest BCUT2D eigenvalue weighted by atomic mass is 35.5. The summed E-state index contributed by atoms with van der Waals surface area (Å²) in [6.45, 7) is -0.604. The summed E-state index contributed by atoms with van der Waals surface area (Å²) in [6.07, 6.45) is 1.51. The van der Waals surface area contributed by atoms with Crippen molar-refractivity contribution in [1.29, 1.82) is 0 Å². The standard InChI is InChI=1S/C20H15ClFNO6S/c1-28-16-6-11(2-5-15(16)29-10-18(24)25)7-17-19(26)23(20(27)30-17)9-12-3-4-13(22)8-14(12)21/h2-8H,9-10H2,1H3,(H,24,25). The van der Waals surface area contributed by atoms with E-state index in [0.29, 0.717) is 11.1 Å². The maximum atomic E-state index is 13.2. The normalized spacial score (nSPS) is 15.0. The van der Waals surface area contributed by atoms with E-state index in [-0.39, 0.29) is 28.0 Å². The van der Waals surface area contributed by atoms with Gasteiger partial charge in [0.2, 0.25) is 0 Å². The summed E-state index contributed by atoms with van der Waals surface area (Å²) in [5.74, 6) is -1.63. The van der Waals surface area contributed by atoms with Crippen molar-refractivity contribution in [3.05, 3.63) is 63.3 Å². The first-order chi connectivity index (χ1) is 14.3. The quantitative estimate of drug-likeness (QED) is 0.631. The van der Waals surface area contributed by atoms with Crippen LogP contribution in [-0.4, -0.2) is 40.8 Å². The van der Waals surface area contributed by atoms with E-state index in [0.717, 1.165) is 22.7 Å². The predicted octanol–water partition coefficient (Wildman–Crippen LogP) is 4.19. The zero-order valence-electron chi connectivity index (χ0n) is 15.6. The van der Waals surface area contributed by atoms with Crippen LogP contribution in [0.4, 0.5) is 9.18 Å². The largest absolute Gasteiger partial charge is 0.493 e.